The van der Waals surface area contributed by atoms with Crippen molar-refractivity contribution in [3.05, 3.63) is 92.5 Å². The summed E-state index contributed by atoms with van der Waals surface area (Å²) in [6, 6.07) is 9.63. The van der Waals surface area contributed by atoms with Crippen LogP contribution in [0.4, 0.5) is 13.2 Å². The number of hydrogen-bond acceptors (Lipinski definition) is 4. The van der Waals surface area contributed by atoms with Crippen LogP contribution in [-0.4, -0.2) is 42.8 Å². The normalized spacial score (nSPS) is 16.6. The van der Waals surface area contributed by atoms with Gasteiger partial charge in [-0.1, -0.05) is 60.9 Å². The minimum atomic E-state index is -4.54. The summed E-state index contributed by atoms with van der Waals surface area (Å²) in [5.41, 5.74) is 2.78. The number of fused-ring (bicyclic) bond motifs is 1. The van der Waals surface area contributed by atoms with Crippen LogP contribution < -0.4 is 15.9 Å². The van der Waals surface area contributed by atoms with Crippen molar-refractivity contribution >= 4 is 23.1 Å². The lowest BCUT2D eigenvalue weighted by Crippen LogP contribution is -2.42. The molecular formula is C31H35ClF3N3O2. The van der Waals surface area contributed by atoms with Gasteiger partial charge in [0.1, 0.15) is 5.36 Å². The zero-order valence-corrected chi connectivity index (χ0v) is 23.5. The molecule has 5 nitrogen and oxygen atoms in total. The molecule has 1 aliphatic heterocycles. The summed E-state index contributed by atoms with van der Waals surface area (Å²) in [5.74, 6) is -0.417. The Kier molecular flexibility index (Phi) is 9.74. The second-order valence-corrected chi connectivity index (χ2v) is 10.7. The van der Waals surface area contributed by atoms with Crippen LogP contribution in [0.1, 0.15) is 66.4 Å². The topological polar surface area (TPSA) is 64.9 Å². The number of aliphatic hydroxyl groups excluding tert-OH is 1. The van der Waals surface area contributed by atoms with Crippen molar-refractivity contribution in [1.29, 1.82) is 0 Å². The first kappa shape index (κ1) is 29.9. The number of rotatable bonds is 10. The van der Waals surface area contributed by atoms with E-state index in [-0.39, 0.29) is 29.4 Å². The minimum Gasteiger partial charge on any atom is -0.396 e. The molecular weight excluding hydrogens is 539 g/mol. The van der Waals surface area contributed by atoms with Crippen LogP contribution in [0.15, 0.2) is 65.3 Å². The monoisotopic (exact) mass is 573 g/mol. The van der Waals surface area contributed by atoms with Crippen LogP contribution in [0, 0.1) is 5.92 Å². The molecule has 0 saturated heterocycles. The average Bonchev–Trinajstić information content (AvgIpc) is 2.93. The number of carbonyl (C=O) groups is 1. The third-order valence-electron chi connectivity index (χ3n) is 7.45. The van der Waals surface area contributed by atoms with Crippen molar-refractivity contribution in [3.8, 4) is 0 Å². The van der Waals surface area contributed by atoms with Gasteiger partial charge in [0.25, 0.3) is 5.91 Å². The van der Waals surface area contributed by atoms with Crippen molar-refractivity contribution in [3.63, 3.8) is 0 Å². The van der Waals surface area contributed by atoms with E-state index in [1.807, 2.05) is 25.3 Å². The van der Waals surface area contributed by atoms with Gasteiger partial charge in [-0.2, -0.15) is 18.3 Å². The number of carbonyl (C=O) groups excluding carboxylic acids is 1. The summed E-state index contributed by atoms with van der Waals surface area (Å²) in [5, 5.41) is 18.8. The molecule has 40 heavy (non-hydrogen) atoms. The molecule has 0 bridgehead atoms. The maximum Gasteiger partial charge on any atom is 0.416 e. The third kappa shape index (κ3) is 6.78. The SMILES string of the molecule is CCCC(c1ccc(C(=O)NCCCO)cc1)C(C1=CC=CCC1)C1=c2cc(C(F)(F)F)cc(Cl)c2=NN(C)C1. The Morgan fingerprint density at radius 3 is 2.60 bits per heavy atom. The Morgan fingerprint density at radius 1 is 1.23 bits per heavy atom. The number of aliphatic hydroxyl groups is 1. The predicted molar refractivity (Wildman–Crippen MR) is 151 cm³/mol. The maximum absolute atomic E-state index is 13.9. The molecule has 0 radical (unpaired) electrons. The number of hydrogen-bond donors (Lipinski definition) is 2. The number of amides is 1. The van der Waals surface area contributed by atoms with E-state index in [0.29, 0.717) is 35.6 Å². The van der Waals surface area contributed by atoms with E-state index in [9.17, 15) is 18.0 Å². The predicted octanol–water partition coefficient (Wildman–Crippen LogP) is 5.58. The van der Waals surface area contributed by atoms with Crippen LogP contribution in [-0.2, 0) is 6.18 Å². The van der Waals surface area contributed by atoms with Gasteiger partial charge in [0.2, 0.25) is 0 Å². The molecule has 0 fully saturated rings. The van der Waals surface area contributed by atoms with Crippen LogP contribution in [0.25, 0.3) is 5.57 Å². The highest BCUT2D eigenvalue weighted by molar-refractivity contribution is 6.30. The second-order valence-electron chi connectivity index (χ2n) is 10.3. The van der Waals surface area contributed by atoms with Gasteiger partial charge in [0, 0.05) is 36.9 Å². The van der Waals surface area contributed by atoms with Gasteiger partial charge in [-0.3, -0.25) is 9.80 Å². The highest BCUT2D eigenvalue weighted by atomic mass is 35.5. The largest absolute Gasteiger partial charge is 0.416 e. The Labute approximate surface area is 237 Å². The molecule has 0 spiro atoms. The number of benzene rings is 2. The van der Waals surface area contributed by atoms with Crippen molar-refractivity contribution in [2.45, 2.75) is 51.1 Å². The fraction of sp³-hybridized carbons (Fsp3) is 0.419. The maximum atomic E-state index is 13.9. The Morgan fingerprint density at radius 2 is 1.98 bits per heavy atom. The number of halogens is 4. The van der Waals surface area contributed by atoms with Gasteiger partial charge in [0.15, 0.2) is 0 Å². The first-order chi connectivity index (χ1) is 19.1. The number of nitrogens with zero attached hydrogens (tertiary/aromatic N) is 2. The van der Waals surface area contributed by atoms with Crippen LogP contribution in [0.5, 0.6) is 0 Å². The van der Waals surface area contributed by atoms with E-state index in [1.54, 1.807) is 17.1 Å². The van der Waals surface area contributed by atoms with Gasteiger partial charge < -0.3 is 10.4 Å². The smallest absolute Gasteiger partial charge is 0.396 e. The van der Waals surface area contributed by atoms with Gasteiger partial charge in [-0.25, -0.2) is 0 Å². The van der Waals surface area contributed by atoms with Gasteiger partial charge >= 0.3 is 6.18 Å². The number of nitrogens with one attached hydrogen (secondary N) is 1. The summed E-state index contributed by atoms with van der Waals surface area (Å²) >= 11 is 6.41. The van der Waals surface area contributed by atoms with E-state index in [2.05, 4.69) is 29.5 Å². The summed E-state index contributed by atoms with van der Waals surface area (Å²) in [7, 11) is 1.81. The third-order valence-corrected chi connectivity index (χ3v) is 7.74. The lowest BCUT2D eigenvalue weighted by atomic mass is 9.71. The molecule has 2 aliphatic rings. The molecule has 214 valence electrons. The molecule has 2 aromatic carbocycles. The zero-order chi connectivity index (χ0) is 28.9. The standard InChI is InChI=1S/C31H35ClF3N3O2/c1-3-8-24(20-11-13-22(14-12-20)30(40)36-15-7-16-39)28(21-9-5-4-6-10-21)26-19-38(2)37-29-25(26)17-23(18-27(29)32)31(33,34)35/h4-5,9,11-14,17-18,24,28,39H,3,6-8,10,15-16,19H2,1-2H3,(H,36,40). The average molecular weight is 574 g/mol. The van der Waals surface area contributed by atoms with Gasteiger partial charge in [-0.05, 0) is 67.0 Å². The van der Waals surface area contributed by atoms with Gasteiger partial charge in [0.05, 0.1) is 17.1 Å². The fourth-order valence-corrected chi connectivity index (χ4v) is 5.88. The molecule has 2 aromatic rings. The summed E-state index contributed by atoms with van der Waals surface area (Å²) in [6.07, 6.45) is 5.49. The van der Waals surface area contributed by atoms with E-state index in [4.69, 9.17) is 16.7 Å². The Balaban J connectivity index is 1.88. The zero-order valence-electron chi connectivity index (χ0n) is 22.8. The van der Waals surface area contributed by atoms with Crippen molar-refractivity contribution in [1.82, 2.24) is 10.3 Å². The van der Waals surface area contributed by atoms with Gasteiger partial charge in [-0.15, -0.1) is 0 Å². The fourth-order valence-electron chi connectivity index (χ4n) is 5.62. The molecule has 2 atom stereocenters. The molecule has 0 saturated carbocycles. The van der Waals surface area contributed by atoms with Crippen molar-refractivity contribution in [2.24, 2.45) is 11.0 Å². The minimum absolute atomic E-state index is 0.00441. The summed E-state index contributed by atoms with van der Waals surface area (Å²) < 4.78 is 41.6. The van der Waals surface area contributed by atoms with Crippen LogP contribution in [0.3, 0.4) is 0 Å². The van der Waals surface area contributed by atoms with E-state index in [0.717, 1.165) is 48.5 Å². The first-order valence-corrected chi connectivity index (χ1v) is 14.1. The number of allylic oxidation sites excluding steroid dienone is 4. The molecule has 9 heteroatoms. The quantitative estimate of drug-likeness (QED) is 0.365. The molecule has 2 N–H and O–H groups in total. The molecule has 1 heterocycles. The summed E-state index contributed by atoms with van der Waals surface area (Å²) in [4.78, 5) is 12.5. The van der Waals surface area contributed by atoms with E-state index >= 15 is 0 Å². The van der Waals surface area contributed by atoms with Crippen molar-refractivity contribution < 1.29 is 23.1 Å². The highest BCUT2D eigenvalue weighted by Crippen LogP contribution is 2.42. The lowest BCUT2D eigenvalue weighted by molar-refractivity contribution is -0.137. The highest BCUT2D eigenvalue weighted by Gasteiger charge is 2.35. The molecule has 1 aliphatic carbocycles. The van der Waals surface area contributed by atoms with Crippen LogP contribution in [0.2, 0.25) is 5.02 Å². The molecule has 4 rings (SSSR count). The summed E-state index contributed by atoms with van der Waals surface area (Å²) in [6.45, 7) is 2.87. The Hall–Kier alpha value is -3.10. The molecule has 0 aromatic heterocycles. The molecule has 1 amide bonds. The van der Waals surface area contributed by atoms with Crippen LogP contribution >= 0.6 is 11.6 Å². The first-order valence-electron chi connectivity index (χ1n) is 13.7. The Bertz CT molecular complexity index is 1400. The van der Waals surface area contributed by atoms with E-state index in [1.165, 1.54) is 6.07 Å². The lowest BCUT2D eigenvalue weighted by Gasteiger charge is -2.35. The molecule has 2 unspecified atom stereocenters. The van der Waals surface area contributed by atoms with E-state index < -0.39 is 11.7 Å². The second kappa shape index (κ2) is 13.0. The van der Waals surface area contributed by atoms with Crippen molar-refractivity contribution in [2.75, 3.05) is 26.7 Å². The number of alkyl halides is 3.